The van der Waals surface area contributed by atoms with Crippen LogP contribution in [-0.2, 0) is 5.66 Å². The first-order valence-corrected chi connectivity index (χ1v) is 8.26. The Hall–Kier alpha value is -2.65. The van der Waals surface area contributed by atoms with E-state index in [1.165, 1.54) is 18.5 Å². The Morgan fingerprint density at radius 2 is 2.08 bits per heavy atom. The third-order valence-electron chi connectivity index (χ3n) is 4.78. The van der Waals surface area contributed by atoms with Crippen molar-refractivity contribution in [2.45, 2.75) is 12.6 Å². The summed E-state index contributed by atoms with van der Waals surface area (Å²) < 4.78 is 0. The van der Waals surface area contributed by atoms with E-state index in [2.05, 4.69) is 27.0 Å². The molecule has 2 aliphatic heterocycles. The van der Waals surface area contributed by atoms with E-state index in [1.54, 1.807) is 12.3 Å². The lowest BCUT2D eigenvalue weighted by Gasteiger charge is -2.39. The van der Waals surface area contributed by atoms with Gasteiger partial charge in [-0.25, -0.2) is 4.99 Å². The van der Waals surface area contributed by atoms with Crippen LogP contribution in [0.25, 0.3) is 0 Å². The van der Waals surface area contributed by atoms with Gasteiger partial charge in [0.25, 0.3) is 5.69 Å². The van der Waals surface area contributed by atoms with Crippen molar-refractivity contribution in [1.29, 1.82) is 0 Å². The van der Waals surface area contributed by atoms with Crippen molar-refractivity contribution in [3.63, 3.8) is 0 Å². The topological polar surface area (TPSA) is 126 Å². The molecule has 25 heavy (non-hydrogen) atoms. The molecule has 3 rings (SSSR count). The summed E-state index contributed by atoms with van der Waals surface area (Å²) in [5.74, 6) is 0. The molecule has 1 unspecified atom stereocenters. The Morgan fingerprint density at radius 3 is 2.68 bits per heavy atom. The van der Waals surface area contributed by atoms with Gasteiger partial charge in [0.05, 0.1) is 17.0 Å². The number of nitro groups is 1. The van der Waals surface area contributed by atoms with E-state index < -0.39 is 10.6 Å². The molecular formula is C16H23N7O2. The van der Waals surface area contributed by atoms with Gasteiger partial charge >= 0.3 is 0 Å². The Balaban J connectivity index is 2.04. The van der Waals surface area contributed by atoms with Gasteiger partial charge in [0.2, 0.25) is 0 Å². The Labute approximate surface area is 146 Å². The highest BCUT2D eigenvalue weighted by Gasteiger charge is 2.36. The fourth-order valence-corrected chi connectivity index (χ4v) is 3.20. The number of likely N-dealkylation sites (N-methyl/N-ethyl adjacent to an activating group) is 1. The lowest BCUT2D eigenvalue weighted by atomic mass is 9.94. The largest absolute Gasteiger partial charge is 0.397 e. The predicted molar refractivity (Wildman–Crippen MR) is 97.2 cm³/mol. The van der Waals surface area contributed by atoms with Crippen LogP contribution in [0, 0.1) is 10.1 Å². The second-order valence-electron chi connectivity index (χ2n) is 6.17. The molecule has 5 N–H and O–H groups in total. The molecule has 2 heterocycles. The molecule has 1 saturated heterocycles. The van der Waals surface area contributed by atoms with Crippen LogP contribution < -0.4 is 21.7 Å². The van der Waals surface area contributed by atoms with Crippen molar-refractivity contribution in [1.82, 2.24) is 10.2 Å². The second kappa shape index (κ2) is 6.69. The van der Waals surface area contributed by atoms with E-state index in [1.807, 2.05) is 0 Å². The fourth-order valence-electron chi connectivity index (χ4n) is 3.20. The van der Waals surface area contributed by atoms with Gasteiger partial charge in [-0.3, -0.25) is 15.8 Å². The lowest BCUT2D eigenvalue weighted by Crippen LogP contribution is -2.49. The first-order valence-electron chi connectivity index (χ1n) is 8.26. The van der Waals surface area contributed by atoms with Gasteiger partial charge < -0.3 is 20.9 Å². The highest BCUT2D eigenvalue weighted by Crippen LogP contribution is 2.37. The van der Waals surface area contributed by atoms with Gasteiger partial charge in [-0.1, -0.05) is 6.92 Å². The number of hydrogen-bond acceptors (Lipinski definition) is 8. The number of anilines is 1. The molecule has 0 saturated carbocycles. The molecule has 1 aromatic rings. The number of benzene rings is 1. The predicted octanol–water partition coefficient (Wildman–Crippen LogP) is 0.280. The molecule has 9 heteroatoms. The number of aliphatic imine (C=N–C) groups is 1. The van der Waals surface area contributed by atoms with Crippen molar-refractivity contribution < 1.29 is 4.92 Å². The van der Waals surface area contributed by atoms with E-state index in [9.17, 15) is 10.1 Å². The molecule has 9 nitrogen and oxygen atoms in total. The Kier molecular flexibility index (Phi) is 4.60. The summed E-state index contributed by atoms with van der Waals surface area (Å²) in [7, 11) is 0. The fraction of sp³-hybridized carbons (Fsp3) is 0.438. The lowest BCUT2D eigenvalue weighted by molar-refractivity contribution is -0.384. The molecule has 1 aromatic carbocycles. The maximum absolute atomic E-state index is 11.2. The van der Waals surface area contributed by atoms with Crippen molar-refractivity contribution in [3.8, 4) is 0 Å². The zero-order valence-electron chi connectivity index (χ0n) is 14.2. The van der Waals surface area contributed by atoms with Crippen LogP contribution in [0.4, 0.5) is 11.4 Å². The van der Waals surface area contributed by atoms with Gasteiger partial charge in [-0.2, -0.15) is 0 Å². The number of non-ortho nitro benzene ring substituents is 1. The molecule has 1 fully saturated rings. The number of hydrogen-bond donors (Lipinski definition) is 3. The monoisotopic (exact) mass is 345 g/mol. The summed E-state index contributed by atoms with van der Waals surface area (Å²) in [6.07, 6.45) is 3.01. The quantitative estimate of drug-likeness (QED) is 0.528. The maximum Gasteiger partial charge on any atom is 0.270 e. The van der Waals surface area contributed by atoms with Crippen LogP contribution in [0.3, 0.4) is 0 Å². The van der Waals surface area contributed by atoms with Gasteiger partial charge in [0.1, 0.15) is 0 Å². The minimum Gasteiger partial charge on any atom is -0.397 e. The number of nitrogens with one attached hydrogen (secondary N) is 1. The van der Waals surface area contributed by atoms with E-state index in [-0.39, 0.29) is 5.69 Å². The van der Waals surface area contributed by atoms with Gasteiger partial charge in [-0.05, 0) is 12.6 Å². The summed E-state index contributed by atoms with van der Waals surface area (Å²) in [4.78, 5) is 19.6. The van der Waals surface area contributed by atoms with Crippen molar-refractivity contribution in [2.24, 2.45) is 16.5 Å². The summed E-state index contributed by atoms with van der Waals surface area (Å²) >= 11 is 0. The van der Waals surface area contributed by atoms with E-state index in [0.29, 0.717) is 11.3 Å². The second-order valence-corrected chi connectivity index (χ2v) is 6.17. The molecule has 0 radical (unpaired) electrons. The number of piperazine rings is 1. The molecule has 134 valence electrons. The number of nitro benzene ring substituents is 1. The number of nitrogens with two attached hydrogens (primary N) is 2. The highest BCUT2D eigenvalue weighted by molar-refractivity contribution is 5.67. The van der Waals surface area contributed by atoms with Gasteiger partial charge in [-0.15, -0.1) is 0 Å². The average Bonchev–Trinajstić information content (AvgIpc) is 2.64. The van der Waals surface area contributed by atoms with Gasteiger partial charge in [0, 0.05) is 55.8 Å². The molecule has 0 spiro atoms. The smallest absolute Gasteiger partial charge is 0.270 e. The van der Waals surface area contributed by atoms with Gasteiger partial charge in [0.15, 0.2) is 5.66 Å². The van der Waals surface area contributed by atoms with E-state index >= 15 is 0 Å². The minimum atomic E-state index is -1.32. The summed E-state index contributed by atoms with van der Waals surface area (Å²) in [5.41, 5.74) is 12.9. The SMILES string of the molecule is CCN1CCN(c2ccc([N+](=O)[O-])cc2C2(N)N=CNC=C2N)CC1. The third kappa shape index (κ3) is 3.15. The standard InChI is InChI=1S/C16H23N7O2/c1-2-21-5-7-22(8-6-21)14-4-3-12(23(24)25)9-13(14)16(18)15(17)10-19-11-20-16/h3-4,9-11H,2,5-8,17-18H2,1H3,(H,19,20). The van der Waals surface area contributed by atoms with Crippen LogP contribution in [-0.4, -0.2) is 48.9 Å². The molecule has 0 aliphatic carbocycles. The van der Waals surface area contributed by atoms with Crippen molar-refractivity contribution >= 4 is 17.7 Å². The molecule has 0 amide bonds. The van der Waals surface area contributed by atoms with Crippen LogP contribution >= 0.6 is 0 Å². The minimum absolute atomic E-state index is 0.0303. The van der Waals surface area contributed by atoms with Crippen LogP contribution in [0.5, 0.6) is 0 Å². The van der Waals surface area contributed by atoms with Crippen LogP contribution in [0.15, 0.2) is 35.1 Å². The Morgan fingerprint density at radius 1 is 1.36 bits per heavy atom. The zero-order valence-corrected chi connectivity index (χ0v) is 14.2. The first kappa shape index (κ1) is 17.2. The van der Waals surface area contributed by atoms with E-state index in [0.717, 1.165) is 38.4 Å². The number of rotatable bonds is 4. The number of nitrogens with zero attached hydrogens (tertiary/aromatic N) is 4. The summed E-state index contributed by atoms with van der Waals surface area (Å²) in [5, 5.41) is 14.0. The normalized spacial score (nSPS) is 23.9. The first-order chi connectivity index (χ1) is 12.0. The third-order valence-corrected chi connectivity index (χ3v) is 4.78. The molecule has 1 atom stereocenters. The highest BCUT2D eigenvalue weighted by atomic mass is 16.6. The van der Waals surface area contributed by atoms with Crippen LogP contribution in [0.1, 0.15) is 12.5 Å². The van der Waals surface area contributed by atoms with E-state index in [4.69, 9.17) is 11.5 Å². The summed E-state index contributed by atoms with van der Waals surface area (Å²) in [6, 6.07) is 4.72. The van der Waals surface area contributed by atoms with Crippen molar-refractivity contribution in [2.75, 3.05) is 37.6 Å². The molecule has 0 bridgehead atoms. The summed E-state index contributed by atoms with van der Waals surface area (Å²) in [6.45, 7) is 6.65. The maximum atomic E-state index is 11.2. The van der Waals surface area contributed by atoms with Crippen molar-refractivity contribution in [3.05, 3.63) is 45.8 Å². The molecule has 2 aliphatic rings. The van der Waals surface area contributed by atoms with Crippen LogP contribution in [0.2, 0.25) is 0 Å². The molecule has 0 aromatic heterocycles. The average molecular weight is 345 g/mol. The molecular weight excluding hydrogens is 322 g/mol. The zero-order chi connectivity index (χ0) is 18.0. The Bertz CT molecular complexity index is 725.